The summed E-state index contributed by atoms with van der Waals surface area (Å²) in [5, 5.41) is 8.26. The zero-order chi connectivity index (χ0) is 5.98. The summed E-state index contributed by atoms with van der Waals surface area (Å²) in [6.45, 7) is 0. The highest BCUT2D eigenvalue weighted by Gasteiger charge is 2.01. The average Bonchev–Trinajstić information content (AvgIpc) is 2.12. The van der Waals surface area contributed by atoms with Gasteiger partial charge in [0, 0.05) is 5.80 Å². The number of rotatable bonds is 1. The number of aromatic carboxylic acids is 1. The summed E-state index contributed by atoms with van der Waals surface area (Å²) in [5.41, 5.74) is 0. The largest absolute Gasteiger partial charge is 0.477 e. The Morgan fingerprint density at radius 3 is 3.00 bits per heavy atom. The van der Waals surface area contributed by atoms with E-state index in [1.165, 1.54) is 0 Å². The molecule has 1 aromatic rings. The van der Waals surface area contributed by atoms with E-state index in [-0.39, 0.29) is 0 Å². The standard InChI is InChI=1S/C3H2NO2PS/c5-3(6)2-1-7-4-8-2/h1H,(H,5,6). The average molecular weight is 147 g/mol. The number of nitrogens with zero attached hydrogens (tertiary/aromatic N) is 1. The first-order chi connectivity index (χ1) is 3.80. The van der Waals surface area contributed by atoms with E-state index in [4.69, 9.17) is 5.11 Å². The van der Waals surface area contributed by atoms with E-state index in [1.807, 2.05) is 0 Å². The van der Waals surface area contributed by atoms with Gasteiger partial charge in [-0.15, -0.1) is 0 Å². The lowest BCUT2D eigenvalue weighted by molar-refractivity contribution is 0.0702. The van der Waals surface area contributed by atoms with Gasteiger partial charge >= 0.3 is 5.97 Å². The highest BCUT2D eigenvalue weighted by atomic mass is 32.1. The maximum absolute atomic E-state index is 10.0. The molecule has 5 heteroatoms. The molecule has 0 aliphatic heterocycles. The molecule has 0 aromatic carbocycles. The van der Waals surface area contributed by atoms with Crippen molar-refractivity contribution in [1.82, 2.24) is 4.14 Å². The lowest BCUT2D eigenvalue weighted by atomic mass is 10.6. The zero-order valence-electron chi connectivity index (χ0n) is 3.74. The second kappa shape index (κ2) is 2.20. The Labute approximate surface area is 51.3 Å². The van der Waals surface area contributed by atoms with E-state index in [0.717, 1.165) is 19.9 Å². The smallest absolute Gasteiger partial charge is 0.347 e. The van der Waals surface area contributed by atoms with Gasteiger partial charge in [0.05, 0.1) is 8.35 Å². The van der Waals surface area contributed by atoms with Crippen LogP contribution in [0.5, 0.6) is 0 Å². The molecule has 0 spiro atoms. The second-order valence-corrected chi connectivity index (χ2v) is 2.85. The van der Waals surface area contributed by atoms with E-state index in [9.17, 15) is 4.79 Å². The fourth-order valence-electron chi connectivity index (χ4n) is 0.261. The van der Waals surface area contributed by atoms with Crippen LogP contribution in [0.25, 0.3) is 0 Å². The fraction of sp³-hybridized carbons (Fsp3) is 0. The van der Waals surface area contributed by atoms with Crippen LogP contribution in [-0.2, 0) is 0 Å². The van der Waals surface area contributed by atoms with Crippen molar-refractivity contribution in [3.05, 3.63) is 10.7 Å². The lowest BCUT2D eigenvalue weighted by Crippen LogP contribution is -1.89. The van der Waals surface area contributed by atoms with Gasteiger partial charge in [0.1, 0.15) is 4.88 Å². The molecule has 0 unspecified atom stereocenters. The van der Waals surface area contributed by atoms with Gasteiger partial charge < -0.3 is 5.11 Å². The predicted octanol–water partition coefficient (Wildman–Crippen LogP) is 1.42. The third-order valence-corrected chi connectivity index (χ3v) is 2.31. The molecule has 0 bridgehead atoms. The lowest BCUT2D eigenvalue weighted by Gasteiger charge is -1.76. The molecule has 1 aromatic heterocycles. The minimum absolute atomic E-state index is 0.326. The Balaban J connectivity index is 2.93. The van der Waals surface area contributed by atoms with Crippen molar-refractivity contribution in [2.24, 2.45) is 0 Å². The topological polar surface area (TPSA) is 50.2 Å². The molecule has 0 amide bonds. The van der Waals surface area contributed by atoms with Crippen LogP contribution >= 0.6 is 19.9 Å². The first-order valence-corrected chi connectivity index (χ1v) is 3.50. The molecule has 0 saturated heterocycles. The second-order valence-electron chi connectivity index (χ2n) is 1.09. The van der Waals surface area contributed by atoms with Crippen molar-refractivity contribution in [1.29, 1.82) is 0 Å². The SMILES string of the molecule is O=C(O)c1cpns1. The Hall–Kier alpha value is -0.470. The van der Waals surface area contributed by atoms with Gasteiger partial charge in [-0.2, -0.15) is 4.14 Å². The van der Waals surface area contributed by atoms with Crippen molar-refractivity contribution in [3.63, 3.8) is 0 Å². The summed E-state index contributed by atoms with van der Waals surface area (Å²) >= 11 is 1.02. The number of aromatic nitrogens is 1. The van der Waals surface area contributed by atoms with Crippen LogP contribution in [0.4, 0.5) is 0 Å². The number of hydrogen-bond donors (Lipinski definition) is 1. The molecule has 3 nitrogen and oxygen atoms in total. The van der Waals surface area contributed by atoms with Crippen LogP contribution in [0, 0.1) is 0 Å². The van der Waals surface area contributed by atoms with E-state index in [2.05, 4.69) is 4.14 Å². The van der Waals surface area contributed by atoms with Gasteiger partial charge in [-0.1, -0.05) is 0 Å². The normalized spacial score (nSPS) is 10.0. The number of carboxylic acids is 1. The van der Waals surface area contributed by atoms with Gasteiger partial charge in [0.2, 0.25) is 0 Å². The van der Waals surface area contributed by atoms with Gasteiger partial charge in [-0.3, -0.25) is 0 Å². The Bertz CT molecular complexity index is 185. The first kappa shape index (κ1) is 5.66. The van der Waals surface area contributed by atoms with Crippen LogP contribution in [0.1, 0.15) is 9.67 Å². The molecule has 0 saturated carbocycles. The quantitative estimate of drug-likeness (QED) is 0.653. The van der Waals surface area contributed by atoms with Crippen molar-refractivity contribution in [3.8, 4) is 0 Å². The van der Waals surface area contributed by atoms with Crippen molar-refractivity contribution >= 4 is 25.9 Å². The Morgan fingerprint density at radius 2 is 2.75 bits per heavy atom. The Kier molecular flexibility index (Phi) is 1.56. The van der Waals surface area contributed by atoms with Crippen molar-refractivity contribution < 1.29 is 9.90 Å². The van der Waals surface area contributed by atoms with Crippen molar-refractivity contribution in [2.45, 2.75) is 0 Å². The van der Waals surface area contributed by atoms with E-state index >= 15 is 0 Å². The van der Waals surface area contributed by atoms with Gasteiger partial charge in [0.25, 0.3) is 0 Å². The van der Waals surface area contributed by atoms with E-state index in [1.54, 1.807) is 5.80 Å². The predicted molar refractivity (Wildman–Crippen MR) is 31.6 cm³/mol. The zero-order valence-corrected chi connectivity index (χ0v) is 5.45. The molecule has 1 rings (SSSR count). The molecule has 0 fully saturated rings. The third kappa shape index (κ3) is 1.02. The van der Waals surface area contributed by atoms with Crippen LogP contribution in [-0.4, -0.2) is 15.2 Å². The van der Waals surface area contributed by atoms with Crippen LogP contribution < -0.4 is 0 Å². The molecule has 0 aliphatic carbocycles. The minimum atomic E-state index is -0.885. The summed E-state index contributed by atoms with van der Waals surface area (Å²) in [6, 6.07) is 0. The maximum Gasteiger partial charge on any atom is 0.347 e. The molecule has 0 atom stereocenters. The molecule has 0 radical (unpaired) electrons. The van der Waals surface area contributed by atoms with Gasteiger partial charge in [-0.05, 0) is 11.5 Å². The summed E-state index contributed by atoms with van der Waals surface area (Å²) in [5.74, 6) is 0.677. The maximum atomic E-state index is 10.0. The first-order valence-electron chi connectivity index (χ1n) is 1.81. The number of carboxylic acid groups (broad SMARTS) is 1. The monoisotopic (exact) mass is 147 g/mol. The molecular formula is C3H2NO2PS. The van der Waals surface area contributed by atoms with Crippen molar-refractivity contribution in [2.75, 3.05) is 0 Å². The summed E-state index contributed by atoms with van der Waals surface area (Å²) < 4.78 is 3.70. The highest BCUT2D eigenvalue weighted by molar-refractivity contribution is 7.33. The van der Waals surface area contributed by atoms with Crippen LogP contribution in [0.3, 0.4) is 0 Å². The van der Waals surface area contributed by atoms with E-state index < -0.39 is 5.97 Å². The molecule has 0 aliphatic rings. The molecule has 42 valence electrons. The Morgan fingerprint density at radius 1 is 2.00 bits per heavy atom. The molecule has 8 heavy (non-hydrogen) atoms. The minimum Gasteiger partial charge on any atom is -0.477 e. The molecular weight excluding hydrogens is 145 g/mol. The summed E-state index contributed by atoms with van der Waals surface area (Å²) in [4.78, 5) is 10.4. The van der Waals surface area contributed by atoms with Gasteiger partial charge in [0.15, 0.2) is 0 Å². The fourth-order valence-corrected chi connectivity index (χ4v) is 1.61. The summed E-state index contributed by atoms with van der Waals surface area (Å²) in [6.07, 6.45) is 0. The van der Waals surface area contributed by atoms with Gasteiger partial charge in [-0.25, -0.2) is 4.79 Å². The third-order valence-electron chi connectivity index (χ3n) is 0.572. The van der Waals surface area contributed by atoms with Crippen LogP contribution in [0.2, 0.25) is 0 Å². The highest BCUT2D eigenvalue weighted by Crippen LogP contribution is 2.11. The number of hydrogen-bond acceptors (Lipinski definition) is 3. The molecule has 1 N–H and O–H groups in total. The molecule has 1 heterocycles. The number of carbonyl (C=O) groups is 1. The van der Waals surface area contributed by atoms with E-state index in [0.29, 0.717) is 4.88 Å². The van der Waals surface area contributed by atoms with Crippen LogP contribution in [0.15, 0.2) is 5.80 Å². The summed E-state index contributed by atoms with van der Waals surface area (Å²) in [7, 11) is 0.741.